The Kier molecular flexibility index (Phi) is 5.41. The SMILES string of the molecule is CN(Cc1ccc(OCC(N)=O)c(Cl)c1)[C@H]1COC[C@@H]1O. The van der Waals surface area contributed by atoms with Gasteiger partial charge in [-0.2, -0.15) is 0 Å². The van der Waals surface area contributed by atoms with Gasteiger partial charge in [-0.3, -0.25) is 9.69 Å². The lowest BCUT2D eigenvalue weighted by atomic mass is 10.1. The molecule has 6 nitrogen and oxygen atoms in total. The lowest BCUT2D eigenvalue weighted by Gasteiger charge is -2.25. The van der Waals surface area contributed by atoms with Gasteiger partial charge in [-0.05, 0) is 24.7 Å². The Hall–Kier alpha value is -1.34. The third kappa shape index (κ3) is 4.31. The van der Waals surface area contributed by atoms with Crippen LogP contribution in [0.15, 0.2) is 18.2 Å². The number of benzene rings is 1. The standard InChI is InChI=1S/C14H19ClN2O4/c1-17(11-6-20-7-12(11)18)5-9-2-3-13(10(15)4-9)21-8-14(16)19/h2-4,11-12,18H,5-8H2,1H3,(H2,16,19)/t11-,12-/m0/s1. The van der Waals surface area contributed by atoms with E-state index in [2.05, 4.69) is 0 Å². The first kappa shape index (κ1) is 16.0. The molecule has 0 saturated carbocycles. The number of likely N-dealkylation sites (N-methyl/N-ethyl adjacent to an activating group) is 1. The first-order valence-electron chi connectivity index (χ1n) is 6.63. The molecule has 1 heterocycles. The molecular formula is C14H19ClN2O4. The molecule has 2 rings (SSSR count). The summed E-state index contributed by atoms with van der Waals surface area (Å²) in [5.41, 5.74) is 6.00. The average Bonchev–Trinajstić information content (AvgIpc) is 2.84. The number of rotatable bonds is 6. The predicted molar refractivity (Wildman–Crippen MR) is 78.2 cm³/mol. The topological polar surface area (TPSA) is 85.0 Å². The summed E-state index contributed by atoms with van der Waals surface area (Å²) >= 11 is 6.11. The van der Waals surface area contributed by atoms with Crippen molar-refractivity contribution < 1.29 is 19.4 Å². The summed E-state index contributed by atoms with van der Waals surface area (Å²) in [5.74, 6) is -0.129. The number of halogens is 1. The fourth-order valence-electron chi connectivity index (χ4n) is 2.27. The van der Waals surface area contributed by atoms with Crippen molar-refractivity contribution in [3.63, 3.8) is 0 Å². The number of hydrogen-bond acceptors (Lipinski definition) is 5. The number of aliphatic hydroxyl groups excluding tert-OH is 1. The van der Waals surface area contributed by atoms with Crippen LogP contribution in [0.5, 0.6) is 5.75 Å². The second kappa shape index (κ2) is 7.09. The Balaban J connectivity index is 1.97. The van der Waals surface area contributed by atoms with E-state index >= 15 is 0 Å². The first-order chi connectivity index (χ1) is 9.97. The number of primary amides is 1. The van der Waals surface area contributed by atoms with Crippen molar-refractivity contribution in [2.75, 3.05) is 26.9 Å². The molecule has 0 radical (unpaired) electrons. The molecule has 0 spiro atoms. The number of nitrogens with zero attached hydrogens (tertiary/aromatic N) is 1. The van der Waals surface area contributed by atoms with Crippen LogP contribution in [-0.4, -0.2) is 54.9 Å². The van der Waals surface area contributed by atoms with Crippen LogP contribution in [0.1, 0.15) is 5.56 Å². The molecule has 0 bridgehead atoms. The van der Waals surface area contributed by atoms with Gasteiger partial charge in [0, 0.05) is 6.54 Å². The number of carbonyl (C=O) groups excluding carboxylic acids is 1. The van der Waals surface area contributed by atoms with Crippen molar-refractivity contribution in [1.82, 2.24) is 4.90 Å². The number of carbonyl (C=O) groups is 1. The van der Waals surface area contributed by atoms with Gasteiger partial charge in [0.15, 0.2) is 6.61 Å². The molecule has 7 heteroatoms. The minimum atomic E-state index is -0.551. The second-order valence-corrected chi connectivity index (χ2v) is 5.51. The Bertz CT molecular complexity index is 512. The Labute approximate surface area is 128 Å². The van der Waals surface area contributed by atoms with E-state index in [9.17, 15) is 9.90 Å². The van der Waals surface area contributed by atoms with Crippen molar-refractivity contribution in [2.24, 2.45) is 5.73 Å². The minimum absolute atomic E-state index is 0.0189. The lowest BCUT2D eigenvalue weighted by Crippen LogP contribution is -2.39. The van der Waals surface area contributed by atoms with E-state index in [1.807, 2.05) is 18.0 Å². The monoisotopic (exact) mass is 314 g/mol. The number of hydrogen-bond donors (Lipinski definition) is 2. The smallest absolute Gasteiger partial charge is 0.255 e. The van der Waals surface area contributed by atoms with Gasteiger partial charge >= 0.3 is 0 Å². The molecule has 116 valence electrons. The Morgan fingerprint density at radius 2 is 2.33 bits per heavy atom. The summed E-state index contributed by atoms with van der Waals surface area (Å²) in [4.78, 5) is 12.7. The molecule has 21 heavy (non-hydrogen) atoms. The van der Waals surface area contributed by atoms with Gasteiger partial charge in [0.1, 0.15) is 5.75 Å². The molecule has 1 fully saturated rings. The van der Waals surface area contributed by atoms with Gasteiger partial charge in [0.05, 0.1) is 30.4 Å². The Morgan fingerprint density at radius 1 is 1.57 bits per heavy atom. The molecule has 1 aliphatic heterocycles. The van der Waals surface area contributed by atoms with Crippen LogP contribution in [0.4, 0.5) is 0 Å². The van der Waals surface area contributed by atoms with Crippen molar-refractivity contribution in [1.29, 1.82) is 0 Å². The molecular weight excluding hydrogens is 296 g/mol. The third-order valence-electron chi connectivity index (χ3n) is 3.39. The molecule has 0 aliphatic carbocycles. The quantitative estimate of drug-likeness (QED) is 0.794. The van der Waals surface area contributed by atoms with E-state index in [4.69, 9.17) is 26.8 Å². The van der Waals surface area contributed by atoms with Crippen LogP contribution in [-0.2, 0) is 16.1 Å². The van der Waals surface area contributed by atoms with Crippen molar-refractivity contribution in [3.8, 4) is 5.75 Å². The van der Waals surface area contributed by atoms with Crippen LogP contribution >= 0.6 is 11.6 Å². The number of ether oxygens (including phenoxy) is 2. The molecule has 3 N–H and O–H groups in total. The molecule has 1 amide bonds. The van der Waals surface area contributed by atoms with E-state index in [1.165, 1.54) is 0 Å². The van der Waals surface area contributed by atoms with Gasteiger partial charge in [0.25, 0.3) is 5.91 Å². The minimum Gasteiger partial charge on any atom is -0.482 e. The molecule has 0 unspecified atom stereocenters. The summed E-state index contributed by atoms with van der Waals surface area (Å²) in [6.07, 6.45) is -0.469. The van der Waals surface area contributed by atoms with Crippen LogP contribution in [0.3, 0.4) is 0 Å². The fraction of sp³-hybridized carbons (Fsp3) is 0.500. The van der Waals surface area contributed by atoms with Crippen molar-refractivity contribution in [3.05, 3.63) is 28.8 Å². The molecule has 0 aromatic heterocycles. The van der Waals surface area contributed by atoms with Crippen LogP contribution < -0.4 is 10.5 Å². The Morgan fingerprint density at radius 3 is 2.90 bits per heavy atom. The number of amides is 1. The van der Waals surface area contributed by atoms with Crippen molar-refractivity contribution in [2.45, 2.75) is 18.7 Å². The molecule has 1 aromatic carbocycles. The first-order valence-corrected chi connectivity index (χ1v) is 7.00. The highest BCUT2D eigenvalue weighted by atomic mass is 35.5. The van der Waals surface area contributed by atoms with Gasteiger partial charge in [-0.15, -0.1) is 0 Å². The van der Waals surface area contributed by atoms with E-state index in [0.29, 0.717) is 30.5 Å². The zero-order valence-corrected chi connectivity index (χ0v) is 12.5. The van der Waals surface area contributed by atoms with E-state index in [0.717, 1.165) is 5.56 Å². The summed E-state index contributed by atoms with van der Waals surface area (Å²) in [5, 5.41) is 10.2. The summed E-state index contributed by atoms with van der Waals surface area (Å²) in [6, 6.07) is 5.32. The van der Waals surface area contributed by atoms with Gasteiger partial charge in [-0.25, -0.2) is 0 Å². The predicted octanol–water partition coefficient (Wildman–Crippen LogP) is 0.396. The molecule has 1 aromatic rings. The number of nitrogens with two attached hydrogens (primary N) is 1. The van der Waals surface area contributed by atoms with Gasteiger partial charge in [0.2, 0.25) is 0 Å². The maximum absolute atomic E-state index is 10.7. The second-order valence-electron chi connectivity index (χ2n) is 5.11. The summed E-state index contributed by atoms with van der Waals surface area (Å²) < 4.78 is 10.4. The summed E-state index contributed by atoms with van der Waals surface area (Å²) in [7, 11) is 1.92. The van der Waals surface area contributed by atoms with Gasteiger partial charge in [-0.1, -0.05) is 17.7 Å². The highest BCUT2D eigenvalue weighted by Gasteiger charge is 2.29. The average molecular weight is 315 g/mol. The number of aliphatic hydroxyl groups is 1. The third-order valence-corrected chi connectivity index (χ3v) is 3.68. The van der Waals surface area contributed by atoms with E-state index in [-0.39, 0.29) is 12.6 Å². The lowest BCUT2D eigenvalue weighted by molar-refractivity contribution is -0.119. The van der Waals surface area contributed by atoms with E-state index in [1.54, 1.807) is 12.1 Å². The highest BCUT2D eigenvalue weighted by molar-refractivity contribution is 6.32. The zero-order chi connectivity index (χ0) is 15.4. The zero-order valence-electron chi connectivity index (χ0n) is 11.8. The molecule has 2 atom stereocenters. The van der Waals surface area contributed by atoms with E-state index < -0.39 is 12.0 Å². The largest absolute Gasteiger partial charge is 0.482 e. The molecule has 1 saturated heterocycles. The van der Waals surface area contributed by atoms with Gasteiger partial charge < -0.3 is 20.3 Å². The van der Waals surface area contributed by atoms with Crippen molar-refractivity contribution >= 4 is 17.5 Å². The maximum Gasteiger partial charge on any atom is 0.255 e. The molecule has 1 aliphatic rings. The normalized spacial score (nSPS) is 21.7. The van der Waals surface area contributed by atoms with Crippen LogP contribution in [0, 0.1) is 0 Å². The van der Waals surface area contributed by atoms with Crippen LogP contribution in [0.25, 0.3) is 0 Å². The highest BCUT2D eigenvalue weighted by Crippen LogP contribution is 2.26. The maximum atomic E-state index is 10.7. The van der Waals surface area contributed by atoms with Crippen LogP contribution in [0.2, 0.25) is 5.02 Å². The fourth-order valence-corrected chi connectivity index (χ4v) is 2.52. The summed E-state index contributed by atoms with van der Waals surface area (Å²) in [6.45, 7) is 1.31.